The van der Waals surface area contributed by atoms with Gasteiger partial charge < -0.3 is 9.67 Å². The first-order valence-corrected chi connectivity index (χ1v) is 4.55. The molecule has 0 aliphatic rings. The molecule has 0 saturated heterocycles. The topological polar surface area (TPSA) is 55.1 Å². The lowest BCUT2D eigenvalue weighted by atomic mass is 10.1. The fourth-order valence-electron chi connectivity index (χ4n) is 1.37. The Morgan fingerprint density at radius 3 is 2.60 bits per heavy atom. The van der Waals surface area contributed by atoms with Crippen LogP contribution in [0.4, 0.5) is 0 Å². The molecule has 4 nitrogen and oxygen atoms in total. The Bertz CT molecular complexity index is 446. The second-order valence-electron chi connectivity index (χ2n) is 3.21. The number of aromatic nitrogens is 2. The molecular formula is C11H10N2O2. The van der Waals surface area contributed by atoms with Gasteiger partial charge >= 0.3 is 5.97 Å². The molecule has 0 saturated carbocycles. The largest absolute Gasteiger partial charge is 0.481 e. The smallest absolute Gasteiger partial charge is 0.307 e. The van der Waals surface area contributed by atoms with Crippen LogP contribution in [0.1, 0.15) is 5.56 Å². The molecule has 1 aromatic carbocycles. The van der Waals surface area contributed by atoms with Crippen LogP contribution in [0.3, 0.4) is 0 Å². The van der Waals surface area contributed by atoms with Crippen molar-refractivity contribution >= 4 is 5.97 Å². The number of hydrogen-bond acceptors (Lipinski definition) is 2. The fourth-order valence-corrected chi connectivity index (χ4v) is 1.37. The molecule has 0 atom stereocenters. The monoisotopic (exact) mass is 202 g/mol. The maximum atomic E-state index is 10.5. The quantitative estimate of drug-likeness (QED) is 0.820. The summed E-state index contributed by atoms with van der Waals surface area (Å²) in [5, 5.41) is 8.60. The minimum absolute atomic E-state index is 0.0597. The molecule has 15 heavy (non-hydrogen) atoms. The van der Waals surface area contributed by atoms with Gasteiger partial charge in [-0.05, 0) is 17.7 Å². The standard InChI is InChI=1S/C11H10N2O2/c14-11(15)7-9-1-3-10(4-2-9)13-6-5-12-8-13/h1-6,8H,7H2,(H,14,15). The van der Waals surface area contributed by atoms with Gasteiger partial charge in [0.25, 0.3) is 0 Å². The van der Waals surface area contributed by atoms with Gasteiger partial charge in [0.15, 0.2) is 0 Å². The SMILES string of the molecule is O=C(O)Cc1ccc(-n2ccnc2)cc1. The van der Waals surface area contributed by atoms with Crippen molar-refractivity contribution in [3.05, 3.63) is 48.5 Å². The van der Waals surface area contributed by atoms with E-state index < -0.39 is 5.97 Å². The second-order valence-corrected chi connectivity index (χ2v) is 3.21. The number of aliphatic carboxylic acids is 1. The van der Waals surface area contributed by atoms with Gasteiger partial charge in [-0.1, -0.05) is 12.1 Å². The van der Waals surface area contributed by atoms with E-state index in [1.807, 2.05) is 35.0 Å². The molecule has 0 amide bonds. The van der Waals surface area contributed by atoms with Crippen molar-refractivity contribution in [3.63, 3.8) is 0 Å². The van der Waals surface area contributed by atoms with Crippen molar-refractivity contribution in [2.45, 2.75) is 6.42 Å². The van der Waals surface area contributed by atoms with E-state index in [1.165, 1.54) is 0 Å². The second kappa shape index (κ2) is 3.96. The molecule has 2 aromatic rings. The first-order valence-electron chi connectivity index (χ1n) is 4.55. The number of carboxylic acid groups (broad SMARTS) is 1. The third kappa shape index (κ3) is 2.22. The summed E-state index contributed by atoms with van der Waals surface area (Å²) in [5.41, 5.74) is 1.77. The van der Waals surface area contributed by atoms with Gasteiger partial charge in [-0.15, -0.1) is 0 Å². The molecular weight excluding hydrogens is 192 g/mol. The Hall–Kier alpha value is -2.10. The van der Waals surface area contributed by atoms with Crippen LogP contribution in [0.5, 0.6) is 0 Å². The average Bonchev–Trinajstić information content (AvgIpc) is 2.71. The van der Waals surface area contributed by atoms with Crippen molar-refractivity contribution in [3.8, 4) is 5.69 Å². The minimum atomic E-state index is -0.814. The van der Waals surface area contributed by atoms with E-state index in [1.54, 1.807) is 12.5 Å². The van der Waals surface area contributed by atoms with Crippen LogP contribution >= 0.6 is 0 Å². The molecule has 0 spiro atoms. The van der Waals surface area contributed by atoms with Crippen LogP contribution in [0.15, 0.2) is 43.0 Å². The molecule has 0 unspecified atom stereocenters. The summed E-state index contributed by atoms with van der Waals surface area (Å²) in [6, 6.07) is 7.37. The molecule has 0 fully saturated rings. The first kappa shape index (κ1) is 9.45. The van der Waals surface area contributed by atoms with E-state index in [9.17, 15) is 4.79 Å². The Labute approximate surface area is 86.8 Å². The van der Waals surface area contributed by atoms with Crippen LogP contribution in [0.25, 0.3) is 5.69 Å². The van der Waals surface area contributed by atoms with Gasteiger partial charge in [-0.2, -0.15) is 0 Å². The van der Waals surface area contributed by atoms with E-state index in [2.05, 4.69) is 4.98 Å². The van der Waals surface area contributed by atoms with Crippen molar-refractivity contribution < 1.29 is 9.90 Å². The fraction of sp³-hybridized carbons (Fsp3) is 0.0909. The van der Waals surface area contributed by atoms with Gasteiger partial charge in [0.05, 0.1) is 12.7 Å². The maximum absolute atomic E-state index is 10.5. The van der Waals surface area contributed by atoms with Gasteiger partial charge in [-0.3, -0.25) is 4.79 Å². The summed E-state index contributed by atoms with van der Waals surface area (Å²) < 4.78 is 1.87. The molecule has 0 aliphatic carbocycles. The predicted molar refractivity (Wildman–Crippen MR) is 54.9 cm³/mol. The zero-order valence-corrected chi connectivity index (χ0v) is 8.00. The molecule has 0 radical (unpaired) electrons. The molecule has 0 aliphatic heterocycles. The van der Waals surface area contributed by atoms with E-state index in [4.69, 9.17) is 5.11 Å². The average molecular weight is 202 g/mol. The Morgan fingerprint density at radius 1 is 1.33 bits per heavy atom. The third-order valence-electron chi connectivity index (χ3n) is 2.09. The highest BCUT2D eigenvalue weighted by molar-refractivity contribution is 5.70. The summed E-state index contributed by atoms with van der Waals surface area (Å²) >= 11 is 0. The molecule has 2 rings (SSSR count). The van der Waals surface area contributed by atoms with Crippen LogP contribution in [0.2, 0.25) is 0 Å². The first-order chi connectivity index (χ1) is 7.25. The number of imidazole rings is 1. The van der Waals surface area contributed by atoms with Gasteiger partial charge in [0.2, 0.25) is 0 Å². The van der Waals surface area contributed by atoms with Crippen LogP contribution in [-0.4, -0.2) is 20.6 Å². The van der Waals surface area contributed by atoms with E-state index in [0.29, 0.717) is 0 Å². The normalized spacial score (nSPS) is 10.1. The third-order valence-corrected chi connectivity index (χ3v) is 2.09. The highest BCUT2D eigenvalue weighted by Gasteiger charge is 2.00. The van der Waals surface area contributed by atoms with E-state index in [-0.39, 0.29) is 6.42 Å². The number of carbonyl (C=O) groups is 1. The highest BCUT2D eigenvalue weighted by Crippen LogP contribution is 2.09. The van der Waals surface area contributed by atoms with E-state index in [0.717, 1.165) is 11.3 Å². The molecule has 76 valence electrons. The summed E-state index contributed by atoms with van der Waals surface area (Å²) in [6.45, 7) is 0. The van der Waals surface area contributed by atoms with Crippen LogP contribution < -0.4 is 0 Å². The molecule has 0 bridgehead atoms. The Morgan fingerprint density at radius 2 is 2.07 bits per heavy atom. The van der Waals surface area contributed by atoms with Gasteiger partial charge in [-0.25, -0.2) is 4.98 Å². The zero-order valence-electron chi connectivity index (χ0n) is 8.00. The number of carboxylic acids is 1. The molecule has 1 heterocycles. The van der Waals surface area contributed by atoms with Crippen molar-refractivity contribution in [1.29, 1.82) is 0 Å². The minimum Gasteiger partial charge on any atom is -0.481 e. The van der Waals surface area contributed by atoms with Crippen molar-refractivity contribution in [1.82, 2.24) is 9.55 Å². The van der Waals surface area contributed by atoms with Gasteiger partial charge in [0, 0.05) is 18.1 Å². The van der Waals surface area contributed by atoms with Crippen molar-refractivity contribution in [2.24, 2.45) is 0 Å². The Balaban J connectivity index is 2.21. The van der Waals surface area contributed by atoms with Crippen LogP contribution in [0, 0.1) is 0 Å². The number of benzene rings is 1. The summed E-state index contributed by atoms with van der Waals surface area (Å²) in [4.78, 5) is 14.4. The zero-order chi connectivity index (χ0) is 10.7. The summed E-state index contributed by atoms with van der Waals surface area (Å²) in [6.07, 6.45) is 5.30. The predicted octanol–water partition coefficient (Wildman–Crippen LogP) is 1.50. The number of nitrogens with zero attached hydrogens (tertiary/aromatic N) is 2. The Kier molecular flexibility index (Phi) is 2.49. The molecule has 1 aromatic heterocycles. The summed E-state index contributed by atoms with van der Waals surface area (Å²) in [5.74, 6) is -0.814. The number of rotatable bonds is 3. The molecule has 1 N–H and O–H groups in total. The van der Waals surface area contributed by atoms with E-state index >= 15 is 0 Å². The summed E-state index contributed by atoms with van der Waals surface area (Å²) in [7, 11) is 0. The number of hydrogen-bond donors (Lipinski definition) is 1. The van der Waals surface area contributed by atoms with Crippen LogP contribution in [-0.2, 0) is 11.2 Å². The maximum Gasteiger partial charge on any atom is 0.307 e. The van der Waals surface area contributed by atoms with Gasteiger partial charge in [0.1, 0.15) is 0 Å². The lowest BCUT2D eigenvalue weighted by Crippen LogP contribution is -2.00. The molecule has 4 heteroatoms. The lowest BCUT2D eigenvalue weighted by molar-refractivity contribution is -0.136. The highest BCUT2D eigenvalue weighted by atomic mass is 16.4. The lowest BCUT2D eigenvalue weighted by Gasteiger charge is -2.02. The van der Waals surface area contributed by atoms with Crippen molar-refractivity contribution in [2.75, 3.05) is 0 Å².